The highest BCUT2D eigenvalue weighted by molar-refractivity contribution is 7.81. The van der Waals surface area contributed by atoms with E-state index in [-0.39, 0.29) is 12.2 Å². The zero-order valence-electron chi connectivity index (χ0n) is 24.5. The van der Waals surface area contributed by atoms with E-state index >= 15 is 0 Å². The van der Waals surface area contributed by atoms with Crippen LogP contribution in [0.5, 0.6) is 0 Å². The Hall–Kier alpha value is -1.93. The number of benzene rings is 2. The number of allylic oxidation sites excluding steroid dienone is 4. The van der Waals surface area contributed by atoms with Crippen molar-refractivity contribution in [2.75, 3.05) is 5.73 Å². The fourth-order valence-electron chi connectivity index (χ4n) is 7.98. The highest BCUT2D eigenvalue weighted by Crippen LogP contribution is 2.67. The predicted octanol–water partition coefficient (Wildman–Crippen LogP) is 10.7. The molecule has 0 heterocycles. The SMILES string of the molecule is C.CCC1(C)CCC23C/C=C\C(C)/C=C(\C)CCC2(S)C(C)C1CC3.Nc1ccc(Cc2ccccc2)cc1. The lowest BCUT2D eigenvalue weighted by Crippen LogP contribution is -2.54. The first-order chi connectivity index (χ1) is 18.1. The van der Waals surface area contributed by atoms with E-state index in [1.54, 1.807) is 5.57 Å². The summed E-state index contributed by atoms with van der Waals surface area (Å²) in [5.41, 5.74) is 11.6. The van der Waals surface area contributed by atoms with Crippen molar-refractivity contribution in [3.63, 3.8) is 0 Å². The van der Waals surface area contributed by atoms with Gasteiger partial charge in [-0.3, -0.25) is 0 Å². The number of rotatable bonds is 3. The van der Waals surface area contributed by atoms with Crippen molar-refractivity contribution in [1.29, 1.82) is 0 Å². The van der Waals surface area contributed by atoms with Crippen LogP contribution in [0.2, 0.25) is 0 Å². The average Bonchev–Trinajstić information content (AvgIpc) is 3.09. The third-order valence-electron chi connectivity index (χ3n) is 10.7. The molecule has 2 aromatic rings. The van der Waals surface area contributed by atoms with Gasteiger partial charge in [-0.15, -0.1) is 0 Å². The van der Waals surface area contributed by atoms with Crippen LogP contribution in [-0.4, -0.2) is 4.75 Å². The zero-order chi connectivity index (χ0) is 27.4. The predicted molar refractivity (Wildman–Crippen MR) is 176 cm³/mol. The van der Waals surface area contributed by atoms with Crippen molar-refractivity contribution in [2.45, 2.75) is 105 Å². The maximum Gasteiger partial charge on any atom is 0.0314 e. The molecule has 214 valence electrons. The Morgan fingerprint density at radius 1 is 0.923 bits per heavy atom. The van der Waals surface area contributed by atoms with E-state index in [9.17, 15) is 0 Å². The van der Waals surface area contributed by atoms with Crippen molar-refractivity contribution < 1.29 is 0 Å². The van der Waals surface area contributed by atoms with Gasteiger partial charge in [0.05, 0.1) is 0 Å². The quantitative estimate of drug-likeness (QED) is 0.224. The van der Waals surface area contributed by atoms with E-state index in [0.717, 1.165) is 23.9 Å². The second kappa shape index (κ2) is 13.2. The molecule has 4 aliphatic carbocycles. The molecule has 2 N–H and O–H groups in total. The summed E-state index contributed by atoms with van der Waals surface area (Å²) in [6.07, 6.45) is 19.0. The van der Waals surface area contributed by atoms with Gasteiger partial charge >= 0.3 is 0 Å². The summed E-state index contributed by atoms with van der Waals surface area (Å²) in [6, 6.07) is 18.5. The van der Waals surface area contributed by atoms with Crippen LogP contribution >= 0.6 is 12.6 Å². The molecule has 0 saturated heterocycles. The molecule has 6 unspecified atom stereocenters. The minimum absolute atomic E-state index is 0. The number of hydrogen-bond acceptors (Lipinski definition) is 2. The van der Waals surface area contributed by atoms with Crippen LogP contribution in [0.4, 0.5) is 5.69 Å². The molecule has 39 heavy (non-hydrogen) atoms. The smallest absolute Gasteiger partial charge is 0.0314 e. The maximum atomic E-state index is 5.62. The zero-order valence-corrected chi connectivity index (χ0v) is 25.4. The number of thiol groups is 1. The van der Waals surface area contributed by atoms with Crippen LogP contribution in [0.3, 0.4) is 0 Å². The average molecular weight is 546 g/mol. The molecule has 0 aliphatic heterocycles. The molecule has 2 bridgehead atoms. The maximum absolute atomic E-state index is 5.62. The number of anilines is 1. The van der Waals surface area contributed by atoms with E-state index < -0.39 is 0 Å². The number of fused-ring (bicyclic) bond motifs is 3. The third kappa shape index (κ3) is 6.87. The molecule has 0 radical (unpaired) electrons. The van der Waals surface area contributed by atoms with Crippen LogP contribution in [-0.2, 0) is 6.42 Å². The first kappa shape index (κ1) is 31.6. The molecule has 1 spiro atoms. The summed E-state index contributed by atoms with van der Waals surface area (Å²) in [4.78, 5) is 0. The van der Waals surface area contributed by atoms with Crippen LogP contribution in [0.15, 0.2) is 78.4 Å². The Bertz CT molecular complexity index is 1100. The first-order valence-corrected chi connectivity index (χ1v) is 15.5. The molecule has 4 aliphatic rings. The molecular weight excluding hydrogens is 490 g/mol. The summed E-state index contributed by atoms with van der Waals surface area (Å²) in [5, 5.41) is 0. The van der Waals surface area contributed by atoms with Gasteiger partial charge in [0.15, 0.2) is 0 Å². The lowest BCUT2D eigenvalue weighted by molar-refractivity contribution is 0.0225. The normalized spacial score (nSPS) is 36.1. The second-order valence-electron chi connectivity index (χ2n) is 13.1. The molecule has 3 fully saturated rings. The summed E-state index contributed by atoms with van der Waals surface area (Å²) in [5.74, 6) is 2.15. The van der Waals surface area contributed by atoms with Gasteiger partial charge in [-0.2, -0.15) is 12.6 Å². The van der Waals surface area contributed by atoms with Gasteiger partial charge in [0.1, 0.15) is 0 Å². The standard InChI is InChI=1S/C23H38S.C13H13N.CH4/c1-6-21(5)14-15-22-11-7-8-17(2)16-18(3)9-13-23(22,24)19(4)20(21)10-12-22;14-13-8-6-12(7-9-13)10-11-4-2-1-3-5-11;/h7-8,16-17,19-20,24H,6,9-15H2,1-5H3;1-9H,10,14H2;1H4/b8-7-,18-16+;;. The Morgan fingerprint density at radius 2 is 1.59 bits per heavy atom. The van der Waals surface area contributed by atoms with Gasteiger partial charge in [0.2, 0.25) is 0 Å². The monoisotopic (exact) mass is 545 g/mol. The Balaban J connectivity index is 0.000000239. The highest BCUT2D eigenvalue weighted by atomic mass is 32.1. The molecule has 0 aromatic heterocycles. The third-order valence-corrected chi connectivity index (χ3v) is 11.8. The molecule has 6 rings (SSSR count). The Labute approximate surface area is 246 Å². The molecule has 6 atom stereocenters. The topological polar surface area (TPSA) is 26.0 Å². The number of hydrogen-bond donors (Lipinski definition) is 2. The molecule has 2 heteroatoms. The van der Waals surface area contributed by atoms with E-state index in [1.807, 2.05) is 18.2 Å². The molecule has 0 amide bonds. The summed E-state index contributed by atoms with van der Waals surface area (Å²) in [7, 11) is 0. The van der Waals surface area contributed by atoms with Crippen LogP contribution in [0.1, 0.15) is 105 Å². The van der Waals surface area contributed by atoms with E-state index in [2.05, 4.69) is 89.2 Å². The second-order valence-corrected chi connectivity index (χ2v) is 13.9. The molecule has 3 saturated carbocycles. The van der Waals surface area contributed by atoms with Crippen LogP contribution in [0.25, 0.3) is 0 Å². The van der Waals surface area contributed by atoms with E-state index in [0.29, 0.717) is 16.7 Å². The van der Waals surface area contributed by atoms with Gasteiger partial charge in [-0.05, 0) is 110 Å². The number of nitrogen functional groups attached to an aromatic ring is 1. The van der Waals surface area contributed by atoms with Crippen LogP contribution in [0, 0.1) is 28.6 Å². The lowest BCUT2D eigenvalue weighted by Gasteiger charge is -2.57. The highest BCUT2D eigenvalue weighted by Gasteiger charge is 2.60. The largest absolute Gasteiger partial charge is 0.399 e. The van der Waals surface area contributed by atoms with Gasteiger partial charge in [0.25, 0.3) is 0 Å². The van der Waals surface area contributed by atoms with E-state index in [4.69, 9.17) is 18.4 Å². The van der Waals surface area contributed by atoms with Gasteiger partial charge in [-0.1, -0.05) is 108 Å². The minimum atomic E-state index is 0. The molecule has 1 nitrogen and oxygen atoms in total. The summed E-state index contributed by atoms with van der Waals surface area (Å²) >= 11 is 5.55. The van der Waals surface area contributed by atoms with Crippen molar-refractivity contribution >= 4 is 18.3 Å². The van der Waals surface area contributed by atoms with Crippen molar-refractivity contribution in [3.05, 3.63) is 89.5 Å². The van der Waals surface area contributed by atoms with Crippen molar-refractivity contribution in [1.82, 2.24) is 0 Å². The first-order valence-electron chi connectivity index (χ1n) is 15.1. The fraction of sp³-hybridized carbons (Fsp3) is 0.568. The lowest BCUT2D eigenvalue weighted by atomic mass is 9.54. The van der Waals surface area contributed by atoms with Crippen molar-refractivity contribution in [3.8, 4) is 0 Å². The van der Waals surface area contributed by atoms with Gasteiger partial charge in [0, 0.05) is 10.4 Å². The summed E-state index contributed by atoms with van der Waals surface area (Å²) in [6.45, 7) is 12.2. The fourth-order valence-corrected chi connectivity index (χ4v) is 8.59. The van der Waals surface area contributed by atoms with Crippen molar-refractivity contribution in [2.24, 2.45) is 28.6 Å². The summed E-state index contributed by atoms with van der Waals surface area (Å²) < 4.78 is 0.197. The van der Waals surface area contributed by atoms with E-state index in [1.165, 1.54) is 62.5 Å². The Kier molecular flexibility index (Phi) is 10.7. The molecule has 2 aromatic carbocycles. The van der Waals surface area contributed by atoms with Crippen LogP contribution < -0.4 is 5.73 Å². The Morgan fingerprint density at radius 3 is 2.26 bits per heavy atom. The minimum Gasteiger partial charge on any atom is -0.399 e. The molecular formula is C37H55NS. The van der Waals surface area contributed by atoms with Gasteiger partial charge < -0.3 is 5.73 Å². The number of nitrogens with two attached hydrogens (primary N) is 1. The van der Waals surface area contributed by atoms with Gasteiger partial charge in [-0.25, -0.2) is 0 Å².